The second-order valence-corrected chi connectivity index (χ2v) is 13.9. The van der Waals surface area contributed by atoms with Crippen LogP contribution in [-0.2, 0) is 26.9 Å². The molecule has 3 amide bonds. The molecule has 13 heteroatoms. The summed E-state index contributed by atoms with van der Waals surface area (Å²) < 4.78 is 55.8. The van der Waals surface area contributed by atoms with E-state index in [1.54, 1.807) is 44.9 Å². The van der Waals surface area contributed by atoms with Crippen molar-refractivity contribution >= 4 is 23.6 Å². The van der Waals surface area contributed by atoms with Gasteiger partial charge in [0.1, 0.15) is 11.6 Å². The number of nitrogens with zero attached hydrogens (tertiary/aromatic N) is 3. The number of hydrogen-bond donors (Lipinski definition) is 1. The number of methoxy groups -OCH3 is 2. The van der Waals surface area contributed by atoms with Gasteiger partial charge in [-0.15, -0.1) is 0 Å². The molecule has 0 aromatic heterocycles. The van der Waals surface area contributed by atoms with Gasteiger partial charge in [-0.05, 0) is 82.3 Å². The third-order valence-corrected chi connectivity index (χ3v) is 9.39. The number of alkyl carbamates (subject to hydrolysis) is 1. The van der Waals surface area contributed by atoms with Gasteiger partial charge in [0.05, 0.1) is 31.5 Å². The van der Waals surface area contributed by atoms with Crippen LogP contribution >= 0.6 is 0 Å². The number of rotatable bonds is 8. The van der Waals surface area contributed by atoms with Gasteiger partial charge in [-0.25, -0.2) is 9.80 Å². The molecule has 1 saturated carbocycles. The van der Waals surface area contributed by atoms with Crippen LogP contribution in [0.4, 0.5) is 18.0 Å². The molecule has 1 aliphatic carbocycles. The number of hydrogen-bond acceptors (Lipinski definition) is 7. The first-order valence-electron chi connectivity index (χ1n) is 16.8. The first-order chi connectivity index (χ1) is 23.2. The van der Waals surface area contributed by atoms with Gasteiger partial charge in [0, 0.05) is 36.9 Å². The second-order valence-electron chi connectivity index (χ2n) is 13.9. The predicted molar refractivity (Wildman–Crippen MR) is 176 cm³/mol. The fraction of sp³-hybridized carbons (Fsp3) is 0.556. The van der Waals surface area contributed by atoms with Crippen LogP contribution in [0.1, 0.15) is 76.0 Å². The van der Waals surface area contributed by atoms with Gasteiger partial charge < -0.3 is 24.4 Å². The van der Waals surface area contributed by atoms with Gasteiger partial charge in [-0.1, -0.05) is 25.0 Å². The molecule has 0 spiro atoms. The van der Waals surface area contributed by atoms with Crippen LogP contribution in [0.2, 0.25) is 0 Å². The zero-order valence-corrected chi connectivity index (χ0v) is 28.6. The second kappa shape index (κ2) is 14.7. The van der Waals surface area contributed by atoms with Crippen molar-refractivity contribution in [3.63, 3.8) is 0 Å². The lowest BCUT2D eigenvalue weighted by molar-refractivity contribution is -0.143. The minimum absolute atomic E-state index is 0.00199. The Morgan fingerprint density at radius 1 is 0.918 bits per heavy atom. The summed E-state index contributed by atoms with van der Waals surface area (Å²) in [6.07, 6.45) is -0.736. The number of halogens is 3. The summed E-state index contributed by atoms with van der Waals surface area (Å²) in [7, 11) is 3.16. The standard InChI is InChI=1S/C36H45F3N4O6/c1-35(2,3)49-34(46)40-28(20-22-10-13-24(14-11-22)36(37,38)39)33(45)42-18-16-25(17-19-42)43-32(44)27-9-7-6-8-26(27)31(41-43)23-12-15-29(47-4)30(21-23)48-5/h10-15,21,25-28H,6-9,16-20H2,1-5H3,(H,40,46)/t26-,27+,28+/m0/s1. The molecule has 1 saturated heterocycles. The highest BCUT2D eigenvalue weighted by molar-refractivity contribution is 6.07. The maximum Gasteiger partial charge on any atom is 0.416 e. The van der Waals surface area contributed by atoms with E-state index in [-0.39, 0.29) is 36.1 Å². The van der Waals surface area contributed by atoms with E-state index >= 15 is 0 Å². The summed E-state index contributed by atoms with van der Waals surface area (Å²) in [6, 6.07) is 8.90. The number of likely N-dealkylation sites (tertiary alicyclic amines) is 1. The number of carbonyl (C=O) groups is 3. The molecule has 1 N–H and O–H groups in total. The van der Waals surface area contributed by atoms with E-state index in [4.69, 9.17) is 19.3 Å². The van der Waals surface area contributed by atoms with Crippen molar-refractivity contribution in [2.75, 3.05) is 27.3 Å². The first kappa shape index (κ1) is 36.0. The Morgan fingerprint density at radius 2 is 1.55 bits per heavy atom. The van der Waals surface area contributed by atoms with Gasteiger partial charge in [-0.3, -0.25) is 9.59 Å². The summed E-state index contributed by atoms with van der Waals surface area (Å²) in [5.41, 5.74) is 0.556. The van der Waals surface area contributed by atoms with Crippen molar-refractivity contribution in [1.82, 2.24) is 15.2 Å². The number of nitrogens with one attached hydrogen (secondary N) is 1. The molecule has 266 valence electrons. The van der Waals surface area contributed by atoms with E-state index in [1.807, 2.05) is 18.2 Å². The number of carbonyl (C=O) groups excluding carboxylic acids is 3. The molecule has 10 nitrogen and oxygen atoms in total. The molecule has 2 heterocycles. The van der Waals surface area contributed by atoms with E-state index in [2.05, 4.69) is 5.32 Å². The summed E-state index contributed by atoms with van der Waals surface area (Å²) >= 11 is 0. The molecule has 3 atom stereocenters. The van der Waals surface area contributed by atoms with E-state index in [0.717, 1.165) is 49.1 Å². The summed E-state index contributed by atoms with van der Waals surface area (Å²) in [6.45, 7) is 5.70. The highest BCUT2D eigenvalue weighted by atomic mass is 19.4. The van der Waals surface area contributed by atoms with Crippen molar-refractivity contribution in [2.24, 2.45) is 16.9 Å². The van der Waals surface area contributed by atoms with E-state index in [0.29, 0.717) is 43.0 Å². The number of fused-ring (bicyclic) bond motifs is 1. The Morgan fingerprint density at radius 3 is 2.14 bits per heavy atom. The normalized spacial score (nSPS) is 21.0. The number of ether oxygens (including phenoxy) is 3. The predicted octanol–water partition coefficient (Wildman–Crippen LogP) is 6.20. The highest BCUT2D eigenvalue weighted by Crippen LogP contribution is 2.40. The van der Waals surface area contributed by atoms with Crippen molar-refractivity contribution in [3.05, 3.63) is 59.2 Å². The Bertz CT molecular complexity index is 1550. The molecule has 0 bridgehead atoms. The topological polar surface area (TPSA) is 110 Å². The molecule has 3 aliphatic rings. The fourth-order valence-electron chi connectivity index (χ4n) is 6.96. The third kappa shape index (κ3) is 8.48. The van der Waals surface area contributed by atoms with Crippen LogP contribution in [0.25, 0.3) is 0 Å². The maximum atomic E-state index is 13.9. The molecule has 0 unspecified atom stereocenters. The average molecular weight is 687 g/mol. The lowest BCUT2D eigenvalue weighted by Gasteiger charge is -2.43. The Kier molecular flexibility index (Phi) is 10.8. The van der Waals surface area contributed by atoms with Crippen LogP contribution in [0, 0.1) is 11.8 Å². The zero-order valence-electron chi connectivity index (χ0n) is 28.6. The van der Waals surface area contributed by atoms with Gasteiger partial charge in [-0.2, -0.15) is 18.3 Å². The first-order valence-corrected chi connectivity index (χ1v) is 16.8. The van der Waals surface area contributed by atoms with E-state index < -0.39 is 29.5 Å². The number of alkyl halides is 3. The number of hydrazone groups is 1. The van der Waals surface area contributed by atoms with Crippen LogP contribution in [0.15, 0.2) is 47.6 Å². The van der Waals surface area contributed by atoms with Gasteiger partial charge >= 0.3 is 12.3 Å². The molecular weight excluding hydrogens is 641 g/mol. The minimum Gasteiger partial charge on any atom is -0.493 e. The maximum absolute atomic E-state index is 13.9. The van der Waals surface area contributed by atoms with E-state index in [1.165, 1.54) is 12.1 Å². The Labute approximate surface area is 284 Å². The number of benzene rings is 2. The quantitative estimate of drug-likeness (QED) is 0.354. The number of piperidine rings is 1. The molecule has 2 fully saturated rings. The third-order valence-electron chi connectivity index (χ3n) is 9.39. The molecule has 2 aromatic rings. The van der Waals surface area contributed by atoms with Crippen molar-refractivity contribution in [2.45, 2.75) is 89.6 Å². The summed E-state index contributed by atoms with van der Waals surface area (Å²) in [5.74, 6) is 0.630. The average Bonchev–Trinajstić information content (AvgIpc) is 3.07. The molecule has 5 rings (SSSR count). The lowest BCUT2D eigenvalue weighted by Crippen LogP contribution is -2.56. The molecule has 2 aromatic carbocycles. The zero-order chi connectivity index (χ0) is 35.5. The Hall–Kier alpha value is -4.29. The minimum atomic E-state index is -4.49. The molecule has 0 radical (unpaired) electrons. The largest absolute Gasteiger partial charge is 0.493 e. The monoisotopic (exact) mass is 686 g/mol. The highest BCUT2D eigenvalue weighted by Gasteiger charge is 2.44. The van der Waals surface area contributed by atoms with Crippen molar-refractivity contribution in [1.29, 1.82) is 0 Å². The van der Waals surface area contributed by atoms with Crippen molar-refractivity contribution in [3.8, 4) is 11.5 Å². The number of amides is 3. The summed E-state index contributed by atoms with van der Waals surface area (Å²) in [5, 5.41) is 9.24. The van der Waals surface area contributed by atoms with Gasteiger partial charge in [0.2, 0.25) is 11.8 Å². The Balaban J connectivity index is 1.33. The molecule has 2 aliphatic heterocycles. The fourth-order valence-corrected chi connectivity index (χ4v) is 6.96. The SMILES string of the molecule is COc1ccc(C2=NN(C3CCN(C(=O)[C@@H](Cc4ccc(C(F)(F)F)cc4)NC(=O)OC(C)(C)C)CC3)C(=O)[C@@H]3CCCC[C@H]23)cc1OC. The van der Waals surface area contributed by atoms with Crippen LogP contribution in [-0.4, -0.2) is 78.5 Å². The summed E-state index contributed by atoms with van der Waals surface area (Å²) in [4.78, 5) is 42.1. The van der Waals surface area contributed by atoms with Crippen LogP contribution < -0.4 is 14.8 Å². The van der Waals surface area contributed by atoms with Crippen LogP contribution in [0.3, 0.4) is 0 Å². The smallest absolute Gasteiger partial charge is 0.416 e. The van der Waals surface area contributed by atoms with Gasteiger partial charge in [0.25, 0.3) is 0 Å². The van der Waals surface area contributed by atoms with E-state index in [9.17, 15) is 27.6 Å². The molecular formula is C36H45F3N4O6. The van der Waals surface area contributed by atoms with Crippen LogP contribution in [0.5, 0.6) is 11.5 Å². The van der Waals surface area contributed by atoms with Gasteiger partial charge in [0.15, 0.2) is 11.5 Å². The van der Waals surface area contributed by atoms with Crippen molar-refractivity contribution < 1.29 is 41.8 Å². The lowest BCUT2D eigenvalue weighted by atomic mass is 9.73. The molecule has 49 heavy (non-hydrogen) atoms.